The summed E-state index contributed by atoms with van der Waals surface area (Å²) in [7, 11) is 0.446. The Hall–Kier alpha value is -3.40. The number of rotatable bonds is 7. The highest BCUT2D eigenvalue weighted by molar-refractivity contribution is 7.92. The molecule has 0 N–H and O–H groups in total. The molecule has 0 unspecified atom stereocenters. The van der Waals surface area contributed by atoms with Crippen LogP contribution in [0.15, 0.2) is 47.4 Å². The number of para-hydroxylation sites is 2. The number of benzene rings is 2. The van der Waals surface area contributed by atoms with Gasteiger partial charge in [-0.15, -0.1) is 10.2 Å². The zero-order chi connectivity index (χ0) is 22.2. The smallest absolute Gasteiger partial charge is 0.265 e. The first kappa shape index (κ1) is 20.9. The van der Waals surface area contributed by atoms with Crippen LogP contribution in [0.3, 0.4) is 0 Å². The van der Waals surface area contributed by atoms with Crippen molar-refractivity contribution in [2.45, 2.75) is 24.7 Å². The molecule has 4 aromatic rings. The Kier molecular flexibility index (Phi) is 5.40. The Balaban J connectivity index is 1.91. The molecule has 0 radical (unpaired) electrons. The van der Waals surface area contributed by atoms with Crippen LogP contribution >= 0.6 is 0 Å². The standard InChI is InChI=1S/C21H23N5O4S/c1-5-8-19-23-24-21-20(22-15-9-6-7-10-16(15)26(19)21)25(2)31(27,28)14-11-12-17(29-3)18(13-14)30-4/h6-7,9-13H,5,8H2,1-4H3. The lowest BCUT2D eigenvalue weighted by Crippen LogP contribution is -2.28. The van der Waals surface area contributed by atoms with Crippen LogP contribution < -0.4 is 13.8 Å². The highest BCUT2D eigenvalue weighted by Gasteiger charge is 2.28. The van der Waals surface area contributed by atoms with Crippen molar-refractivity contribution < 1.29 is 17.9 Å². The fourth-order valence-electron chi connectivity index (χ4n) is 3.47. The zero-order valence-electron chi connectivity index (χ0n) is 17.7. The fraction of sp³-hybridized carbons (Fsp3) is 0.286. The summed E-state index contributed by atoms with van der Waals surface area (Å²) < 4.78 is 40.4. The number of methoxy groups -OCH3 is 2. The van der Waals surface area contributed by atoms with Gasteiger partial charge in [0, 0.05) is 19.5 Å². The van der Waals surface area contributed by atoms with Gasteiger partial charge in [-0.1, -0.05) is 19.1 Å². The summed E-state index contributed by atoms with van der Waals surface area (Å²) in [5, 5.41) is 8.57. The third-order valence-electron chi connectivity index (χ3n) is 5.06. The van der Waals surface area contributed by atoms with Crippen molar-refractivity contribution in [1.82, 2.24) is 19.6 Å². The number of hydrogen-bond donors (Lipinski definition) is 0. The summed E-state index contributed by atoms with van der Waals surface area (Å²) in [5.41, 5.74) is 1.86. The van der Waals surface area contributed by atoms with Gasteiger partial charge in [0.1, 0.15) is 5.82 Å². The van der Waals surface area contributed by atoms with Gasteiger partial charge in [0.25, 0.3) is 10.0 Å². The number of aryl methyl sites for hydroxylation is 1. The summed E-state index contributed by atoms with van der Waals surface area (Å²) in [6, 6.07) is 12.0. The summed E-state index contributed by atoms with van der Waals surface area (Å²) in [5.74, 6) is 1.72. The largest absolute Gasteiger partial charge is 0.493 e. The molecule has 162 valence electrons. The lowest BCUT2D eigenvalue weighted by Gasteiger charge is -2.20. The van der Waals surface area contributed by atoms with Crippen LogP contribution in [0.2, 0.25) is 0 Å². The summed E-state index contributed by atoms with van der Waals surface area (Å²) in [6.07, 6.45) is 1.59. The molecule has 0 fully saturated rings. The predicted molar refractivity (Wildman–Crippen MR) is 117 cm³/mol. The number of aromatic nitrogens is 4. The first-order valence-corrected chi connectivity index (χ1v) is 11.2. The Morgan fingerprint density at radius 3 is 2.48 bits per heavy atom. The molecule has 0 atom stereocenters. The van der Waals surface area contributed by atoms with Gasteiger partial charge in [0.2, 0.25) is 5.65 Å². The van der Waals surface area contributed by atoms with E-state index in [4.69, 9.17) is 9.47 Å². The number of fused-ring (bicyclic) bond motifs is 3. The van der Waals surface area contributed by atoms with Gasteiger partial charge >= 0.3 is 0 Å². The Morgan fingerprint density at radius 2 is 1.77 bits per heavy atom. The molecule has 0 aliphatic carbocycles. The molecule has 0 bridgehead atoms. The molecule has 0 saturated carbocycles. The van der Waals surface area contributed by atoms with Crippen molar-refractivity contribution in [2.24, 2.45) is 0 Å². The topological polar surface area (TPSA) is 98.9 Å². The van der Waals surface area contributed by atoms with E-state index < -0.39 is 10.0 Å². The molecule has 2 heterocycles. The van der Waals surface area contributed by atoms with E-state index in [-0.39, 0.29) is 10.7 Å². The van der Waals surface area contributed by atoms with Crippen LogP contribution in [0, 0.1) is 0 Å². The van der Waals surface area contributed by atoms with Crippen LogP contribution in [0.5, 0.6) is 11.5 Å². The Labute approximate surface area is 180 Å². The first-order valence-electron chi connectivity index (χ1n) is 9.76. The van der Waals surface area contributed by atoms with Crippen molar-refractivity contribution in [2.75, 3.05) is 25.6 Å². The van der Waals surface area contributed by atoms with Gasteiger partial charge < -0.3 is 9.47 Å². The van der Waals surface area contributed by atoms with Gasteiger partial charge in [-0.25, -0.2) is 17.7 Å². The van der Waals surface area contributed by atoms with Crippen molar-refractivity contribution >= 4 is 32.5 Å². The van der Waals surface area contributed by atoms with Crippen molar-refractivity contribution in [3.05, 3.63) is 48.3 Å². The summed E-state index contributed by atoms with van der Waals surface area (Å²) in [4.78, 5) is 4.66. The highest BCUT2D eigenvalue weighted by Crippen LogP contribution is 2.33. The molecule has 4 rings (SSSR count). The van der Waals surface area contributed by atoms with Gasteiger partial charge in [-0.2, -0.15) is 0 Å². The van der Waals surface area contributed by atoms with E-state index in [0.29, 0.717) is 29.1 Å². The zero-order valence-corrected chi connectivity index (χ0v) is 18.5. The van der Waals surface area contributed by atoms with Gasteiger partial charge in [0.15, 0.2) is 17.3 Å². The third-order valence-corrected chi connectivity index (χ3v) is 6.81. The monoisotopic (exact) mass is 441 g/mol. The maximum absolute atomic E-state index is 13.4. The maximum Gasteiger partial charge on any atom is 0.265 e. The molecule has 0 amide bonds. The molecule has 0 aliphatic heterocycles. The van der Waals surface area contributed by atoms with Crippen LogP contribution in [-0.4, -0.2) is 49.3 Å². The van der Waals surface area contributed by atoms with E-state index in [1.807, 2.05) is 28.7 Å². The Bertz CT molecular complexity index is 1370. The van der Waals surface area contributed by atoms with Crippen molar-refractivity contribution in [3.8, 4) is 11.5 Å². The van der Waals surface area contributed by atoms with E-state index in [1.54, 1.807) is 6.07 Å². The minimum atomic E-state index is -3.96. The summed E-state index contributed by atoms with van der Waals surface area (Å²) >= 11 is 0. The number of nitrogens with zero attached hydrogens (tertiary/aromatic N) is 5. The highest BCUT2D eigenvalue weighted by atomic mass is 32.2. The third kappa shape index (κ3) is 3.42. The number of sulfonamides is 1. The lowest BCUT2D eigenvalue weighted by atomic mass is 10.2. The van der Waals surface area contributed by atoms with Crippen LogP contribution in [-0.2, 0) is 16.4 Å². The Morgan fingerprint density at radius 1 is 1.03 bits per heavy atom. The normalized spacial score (nSPS) is 11.7. The minimum Gasteiger partial charge on any atom is -0.493 e. The second-order valence-corrected chi connectivity index (χ2v) is 8.91. The number of anilines is 1. The average molecular weight is 442 g/mol. The quantitative estimate of drug-likeness (QED) is 0.435. The van der Waals surface area contributed by atoms with Crippen LogP contribution in [0.25, 0.3) is 16.7 Å². The predicted octanol–water partition coefficient (Wildman–Crippen LogP) is 3.07. The minimum absolute atomic E-state index is 0.0501. The van der Waals surface area contributed by atoms with Gasteiger partial charge in [-0.05, 0) is 30.7 Å². The van der Waals surface area contributed by atoms with E-state index >= 15 is 0 Å². The number of ether oxygens (including phenoxy) is 2. The van der Waals surface area contributed by atoms with Crippen molar-refractivity contribution in [3.63, 3.8) is 0 Å². The molecule has 0 saturated heterocycles. The van der Waals surface area contributed by atoms with E-state index in [2.05, 4.69) is 22.1 Å². The average Bonchev–Trinajstić information content (AvgIpc) is 3.21. The first-order chi connectivity index (χ1) is 14.9. The number of hydrogen-bond acceptors (Lipinski definition) is 7. The molecule has 0 aliphatic rings. The van der Waals surface area contributed by atoms with Crippen LogP contribution in [0.4, 0.5) is 5.82 Å². The van der Waals surface area contributed by atoms with E-state index in [1.165, 1.54) is 33.4 Å². The van der Waals surface area contributed by atoms with Gasteiger partial charge in [-0.3, -0.25) is 4.40 Å². The molecular formula is C21H23N5O4S. The second-order valence-electron chi connectivity index (χ2n) is 6.94. The fourth-order valence-corrected chi connectivity index (χ4v) is 4.63. The lowest BCUT2D eigenvalue weighted by molar-refractivity contribution is 0.354. The SMILES string of the molecule is CCCc1nnc2c(N(C)S(=O)(=O)c3ccc(OC)c(OC)c3)nc3ccccc3n12. The summed E-state index contributed by atoms with van der Waals surface area (Å²) in [6.45, 7) is 2.05. The van der Waals surface area contributed by atoms with Crippen LogP contribution in [0.1, 0.15) is 19.2 Å². The van der Waals surface area contributed by atoms with E-state index in [9.17, 15) is 8.42 Å². The molecule has 9 nitrogen and oxygen atoms in total. The molecule has 0 spiro atoms. The molecule has 10 heteroatoms. The molecule has 2 aromatic heterocycles. The second kappa shape index (κ2) is 8.03. The van der Waals surface area contributed by atoms with Crippen molar-refractivity contribution in [1.29, 1.82) is 0 Å². The molecular weight excluding hydrogens is 418 g/mol. The van der Waals surface area contributed by atoms with E-state index in [0.717, 1.165) is 22.1 Å². The molecule has 31 heavy (non-hydrogen) atoms. The maximum atomic E-state index is 13.4. The van der Waals surface area contributed by atoms with Gasteiger partial charge in [0.05, 0.1) is 30.1 Å². The molecule has 2 aromatic carbocycles.